The highest BCUT2D eigenvalue weighted by atomic mass is 32.2. The molecule has 0 radical (unpaired) electrons. The molecule has 0 unspecified atom stereocenters. The van der Waals surface area contributed by atoms with Gasteiger partial charge in [0.1, 0.15) is 9.90 Å². The van der Waals surface area contributed by atoms with Gasteiger partial charge in [-0.05, 0) is 6.92 Å². The molecule has 2 aromatic rings. The van der Waals surface area contributed by atoms with Crippen molar-refractivity contribution in [3.63, 3.8) is 0 Å². The predicted octanol–water partition coefficient (Wildman–Crippen LogP) is 0.302. The van der Waals surface area contributed by atoms with Gasteiger partial charge < -0.3 is 5.73 Å². The summed E-state index contributed by atoms with van der Waals surface area (Å²) in [6.45, 7) is 2.05. The average Bonchev–Trinajstić information content (AvgIpc) is 2.73. The minimum absolute atomic E-state index is 0.0232. The fraction of sp³-hybridized carbons (Fsp3) is 0.222. The van der Waals surface area contributed by atoms with Crippen molar-refractivity contribution in [2.24, 2.45) is 0 Å². The second-order valence-corrected chi connectivity index (χ2v) is 6.55. The van der Waals surface area contributed by atoms with Crippen molar-refractivity contribution in [2.45, 2.75) is 18.4 Å². The molecule has 2 rings (SSSR count). The Morgan fingerprint density at radius 1 is 1.28 bits per heavy atom. The van der Waals surface area contributed by atoms with Gasteiger partial charge in [0.2, 0.25) is 16.0 Å². The number of hydrogen-bond acceptors (Lipinski definition) is 7. The average molecular weight is 285 g/mol. The van der Waals surface area contributed by atoms with E-state index < -0.39 is 10.0 Å². The summed E-state index contributed by atoms with van der Waals surface area (Å²) in [5, 5.41) is 0.701. The van der Waals surface area contributed by atoms with E-state index in [-0.39, 0.29) is 17.4 Å². The maximum atomic E-state index is 11.9. The quantitative estimate of drug-likeness (QED) is 0.836. The van der Waals surface area contributed by atoms with E-state index in [1.807, 2.05) is 6.92 Å². The first kappa shape index (κ1) is 12.9. The third-order valence-corrected chi connectivity index (χ3v) is 4.31. The number of nitrogens with zero attached hydrogens (tertiary/aromatic N) is 3. The molecule has 18 heavy (non-hydrogen) atoms. The van der Waals surface area contributed by atoms with E-state index in [0.29, 0.717) is 5.01 Å². The number of nitrogens with one attached hydrogen (secondary N) is 1. The zero-order chi connectivity index (χ0) is 13.2. The molecule has 0 atom stereocenters. The van der Waals surface area contributed by atoms with E-state index in [2.05, 4.69) is 19.7 Å². The van der Waals surface area contributed by atoms with Crippen molar-refractivity contribution in [1.82, 2.24) is 19.7 Å². The number of aromatic nitrogens is 3. The van der Waals surface area contributed by atoms with Crippen LogP contribution in [0, 0.1) is 6.92 Å². The Labute approximate surface area is 108 Å². The second kappa shape index (κ2) is 4.96. The van der Waals surface area contributed by atoms with Crippen LogP contribution in [0.2, 0.25) is 0 Å². The van der Waals surface area contributed by atoms with E-state index in [1.54, 1.807) is 6.20 Å². The highest BCUT2D eigenvalue weighted by molar-refractivity contribution is 7.89. The van der Waals surface area contributed by atoms with Gasteiger partial charge in [-0.2, -0.15) is 0 Å². The number of nitrogens with two attached hydrogens (primary N) is 1. The Bertz CT molecular complexity index is 635. The van der Waals surface area contributed by atoms with Crippen LogP contribution in [-0.4, -0.2) is 23.4 Å². The summed E-state index contributed by atoms with van der Waals surface area (Å²) in [6, 6.07) is 0. The summed E-state index contributed by atoms with van der Waals surface area (Å²) in [4.78, 5) is 12.3. The molecule has 0 amide bonds. The van der Waals surface area contributed by atoms with Gasteiger partial charge in [-0.3, -0.25) is 0 Å². The van der Waals surface area contributed by atoms with Crippen molar-refractivity contribution in [1.29, 1.82) is 0 Å². The fourth-order valence-electron chi connectivity index (χ4n) is 1.19. The van der Waals surface area contributed by atoms with Gasteiger partial charge in [-0.25, -0.2) is 28.1 Å². The van der Waals surface area contributed by atoms with Crippen LogP contribution in [-0.2, 0) is 16.6 Å². The van der Waals surface area contributed by atoms with Crippen LogP contribution < -0.4 is 10.5 Å². The second-order valence-electron chi connectivity index (χ2n) is 3.47. The van der Waals surface area contributed by atoms with Gasteiger partial charge in [0, 0.05) is 11.1 Å². The van der Waals surface area contributed by atoms with Gasteiger partial charge in [0.15, 0.2) is 0 Å². The van der Waals surface area contributed by atoms with Crippen LogP contribution in [0.5, 0.6) is 0 Å². The van der Waals surface area contributed by atoms with Crippen LogP contribution in [0.3, 0.4) is 0 Å². The Hall–Kier alpha value is -1.58. The van der Waals surface area contributed by atoms with E-state index in [4.69, 9.17) is 5.73 Å². The predicted molar refractivity (Wildman–Crippen MR) is 67.3 cm³/mol. The molecule has 0 aromatic carbocycles. The zero-order valence-corrected chi connectivity index (χ0v) is 11.1. The van der Waals surface area contributed by atoms with Gasteiger partial charge in [0.05, 0.1) is 18.9 Å². The maximum absolute atomic E-state index is 11.9. The smallest absolute Gasteiger partial charge is 0.244 e. The van der Waals surface area contributed by atoms with Crippen molar-refractivity contribution in [3.05, 3.63) is 28.5 Å². The number of nitrogen functional groups attached to an aromatic ring is 1. The Balaban J connectivity index is 2.10. The maximum Gasteiger partial charge on any atom is 0.244 e. The summed E-state index contributed by atoms with van der Waals surface area (Å²) >= 11 is 1.44. The molecule has 2 aromatic heterocycles. The lowest BCUT2D eigenvalue weighted by Gasteiger charge is -2.04. The van der Waals surface area contributed by atoms with Crippen LogP contribution in [0.4, 0.5) is 5.95 Å². The van der Waals surface area contributed by atoms with Gasteiger partial charge in [0.25, 0.3) is 0 Å². The highest BCUT2D eigenvalue weighted by Gasteiger charge is 2.15. The summed E-state index contributed by atoms with van der Waals surface area (Å²) in [6.07, 6.45) is 4.02. The number of hydrogen-bond donors (Lipinski definition) is 2. The summed E-state index contributed by atoms with van der Waals surface area (Å²) < 4.78 is 26.2. The largest absolute Gasteiger partial charge is 0.368 e. The molecule has 0 bridgehead atoms. The Morgan fingerprint density at radius 2 is 1.94 bits per heavy atom. The molecule has 0 spiro atoms. The SMILES string of the molecule is Cc1cnc(CNS(=O)(=O)c2cnc(N)nc2)s1. The lowest BCUT2D eigenvalue weighted by Crippen LogP contribution is -2.23. The standard InChI is InChI=1S/C9H11N5O2S2/c1-6-2-11-8(17-6)5-14-18(15,16)7-3-12-9(10)13-4-7/h2-4,14H,5H2,1H3,(H2,10,12,13). The summed E-state index contributed by atoms with van der Waals surface area (Å²) in [5.74, 6) is 0.0319. The monoisotopic (exact) mass is 285 g/mol. The Morgan fingerprint density at radius 3 is 2.50 bits per heavy atom. The lowest BCUT2D eigenvalue weighted by molar-refractivity contribution is 0.580. The molecular formula is C9H11N5O2S2. The minimum atomic E-state index is -3.63. The molecule has 2 heterocycles. The normalized spacial score (nSPS) is 11.6. The third kappa shape index (κ3) is 3.00. The number of aryl methyl sites for hydroxylation is 1. The first-order valence-electron chi connectivity index (χ1n) is 4.96. The molecule has 9 heteroatoms. The van der Waals surface area contributed by atoms with Gasteiger partial charge in [-0.1, -0.05) is 0 Å². The lowest BCUT2D eigenvalue weighted by atomic mass is 10.6. The first-order valence-corrected chi connectivity index (χ1v) is 7.26. The zero-order valence-electron chi connectivity index (χ0n) is 9.49. The Kier molecular flexibility index (Phi) is 3.55. The molecule has 0 saturated heterocycles. The number of sulfonamides is 1. The molecule has 3 N–H and O–H groups in total. The topological polar surface area (TPSA) is 111 Å². The first-order chi connectivity index (χ1) is 8.47. The van der Waals surface area contributed by atoms with Gasteiger partial charge in [-0.15, -0.1) is 11.3 Å². The molecule has 0 fully saturated rings. The van der Waals surface area contributed by atoms with Crippen LogP contribution in [0.25, 0.3) is 0 Å². The molecular weight excluding hydrogens is 274 g/mol. The van der Waals surface area contributed by atoms with Gasteiger partial charge >= 0.3 is 0 Å². The van der Waals surface area contributed by atoms with Crippen molar-refractivity contribution >= 4 is 27.3 Å². The number of anilines is 1. The highest BCUT2D eigenvalue weighted by Crippen LogP contribution is 2.12. The van der Waals surface area contributed by atoms with Crippen molar-refractivity contribution < 1.29 is 8.42 Å². The molecule has 0 aliphatic carbocycles. The van der Waals surface area contributed by atoms with Crippen LogP contribution in [0.15, 0.2) is 23.5 Å². The molecule has 0 aliphatic rings. The van der Waals surface area contributed by atoms with E-state index in [9.17, 15) is 8.42 Å². The minimum Gasteiger partial charge on any atom is -0.368 e. The molecule has 0 saturated carbocycles. The van der Waals surface area contributed by atoms with Crippen LogP contribution >= 0.6 is 11.3 Å². The number of thiazole rings is 1. The van der Waals surface area contributed by atoms with E-state index in [0.717, 1.165) is 17.3 Å². The third-order valence-electron chi connectivity index (χ3n) is 2.04. The van der Waals surface area contributed by atoms with Crippen LogP contribution in [0.1, 0.15) is 9.88 Å². The fourth-order valence-corrected chi connectivity index (χ4v) is 2.88. The van der Waals surface area contributed by atoms with Crippen molar-refractivity contribution in [2.75, 3.05) is 5.73 Å². The molecule has 96 valence electrons. The molecule has 0 aliphatic heterocycles. The summed E-state index contributed by atoms with van der Waals surface area (Å²) in [5.41, 5.74) is 5.29. The van der Waals surface area contributed by atoms with Crippen molar-refractivity contribution in [3.8, 4) is 0 Å². The van der Waals surface area contributed by atoms with E-state index in [1.165, 1.54) is 11.3 Å². The number of rotatable bonds is 4. The van der Waals surface area contributed by atoms with E-state index >= 15 is 0 Å². The summed E-state index contributed by atoms with van der Waals surface area (Å²) in [7, 11) is -3.63. The molecule has 7 nitrogen and oxygen atoms in total.